The molecule has 0 spiro atoms. The summed E-state index contributed by atoms with van der Waals surface area (Å²) in [6.45, 7) is 32.3. The molecule has 17 heteroatoms. The predicted molar refractivity (Wildman–Crippen MR) is 429 cm³/mol. The number of aromatic nitrogens is 2. The maximum Gasteiger partial charge on any atom is 2.00 e. The van der Waals surface area contributed by atoms with Crippen molar-refractivity contribution in [3.63, 3.8) is 0 Å². The zero-order valence-corrected chi connectivity index (χ0v) is 71.9. The van der Waals surface area contributed by atoms with Crippen molar-refractivity contribution in [1.82, 2.24) is 9.97 Å². The van der Waals surface area contributed by atoms with Gasteiger partial charge in [-0.2, -0.15) is 36.2 Å². The second-order valence-corrected chi connectivity index (χ2v) is 35.9. The van der Waals surface area contributed by atoms with E-state index in [1.165, 1.54) is 161 Å². The van der Waals surface area contributed by atoms with E-state index in [0.29, 0.717) is 51.9 Å². The zero-order chi connectivity index (χ0) is 70.1. The van der Waals surface area contributed by atoms with Gasteiger partial charge in [-0.3, -0.25) is 9.97 Å². The Morgan fingerprint density at radius 2 is 1.00 bits per heavy atom. The molecular formula is C89H143LiN7O7Pt2-. The smallest absolute Gasteiger partial charge is 0.870 e. The van der Waals surface area contributed by atoms with Gasteiger partial charge in [0.15, 0.2) is 0 Å². The fourth-order valence-electron chi connectivity index (χ4n) is 23.2. The van der Waals surface area contributed by atoms with Gasteiger partial charge in [0, 0.05) is 36.6 Å². The van der Waals surface area contributed by atoms with Gasteiger partial charge in [0.05, 0.1) is 25.4 Å². The first-order valence-corrected chi connectivity index (χ1v) is 41.0. The van der Waals surface area contributed by atoms with Crippen LogP contribution in [0.15, 0.2) is 84.2 Å². The molecule has 14 nitrogen and oxygen atoms in total. The van der Waals surface area contributed by atoms with E-state index in [0.717, 1.165) is 150 Å². The molecule has 13 N–H and O–H groups in total. The number of fused-ring (bicyclic) bond motifs is 12. The maximum atomic E-state index is 10.1. The van der Waals surface area contributed by atoms with E-state index < -0.39 is 0 Å². The van der Waals surface area contributed by atoms with Crippen LogP contribution in [0.4, 0.5) is 11.4 Å². The van der Waals surface area contributed by atoms with Crippen LogP contribution in [0.25, 0.3) is 39.0 Å². The summed E-state index contributed by atoms with van der Waals surface area (Å²) in [7, 11) is 0. The van der Waals surface area contributed by atoms with Crippen LogP contribution in [0.3, 0.4) is 0 Å². The predicted octanol–water partition coefficient (Wildman–Crippen LogP) is 18.8. The summed E-state index contributed by atoms with van der Waals surface area (Å²) in [5.74, 6) is 11.4. The fourth-order valence-corrected chi connectivity index (χ4v) is 23.2. The van der Waals surface area contributed by atoms with Crippen LogP contribution in [-0.2, 0) is 51.6 Å². The zero-order valence-electron chi connectivity index (χ0n) is 67.3. The minimum absolute atomic E-state index is 0. The first-order valence-electron chi connectivity index (χ1n) is 41.0. The van der Waals surface area contributed by atoms with E-state index in [9.17, 15) is 5.11 Å². The molecule has 8 saturated carbocycles. The Labute approximate surface area is 683 Å². The molecule has 0 aliphatic heterocycles. The summed E-state index contributed by atoms with van der Waals surface area (Å²) in [6.07, 6.45) is 48.8. The van der Waals surface area contributed by atoms with Gasteiger partial charge >= 0.3 is 61.0 Å². The van der Waals surface area contributed by atoms with E-state index in [2.05, 4.69) is 127 Å². The Hall–Kier alpha value is -2.25. The number of phenols is 1. The third kappa shape index (κ3) is 22.4. The molecule has 0 radical (unpaired) electrons. The van der Waals surface area contributed by atoms with Crippen LogP contribution in [0.1, 0.15) is 262 Å². The average molecular weight is 1820 g/mol. The van der Waals surface area contributed by atoms with Crippen LogP contribution in [0, 0.1) is 112 Å². The van der Waals surface area contributed by atoms with Crippen LogP contribution in [0.2, 0.25) is 0 Å². The molecule has 20 atom stereocenters. The Morgan fingerprint density at radius 1 is 0.547 bits per heavy atom. The number of rotatable bonds is 20. The Morgan fingerprint density at radius 3 is 1.45 bits per heavy atom. The number of ether oxygens (including phenoxy) is 2. The molecule has 2 aromatic heterocycles. The second kappa shape index (κ2) is 43.9. The normalized spacial score (nSPS) is 33.5. The first kappa shape index (κ1) is 96.1. The number of anilines is 2. The number of hydrogen-bond acceptors (Lipinski definition) is 8. The van der Waals surface area contributed by atoms with Gasteiger partial charge in [-0.05, 0) is 225 Å². The first-order chi connectivity index (χ1) is 47.6. The third-order valence-corrected chi connectivity index (χ3v) is 29.1. The van der Waals surface area contributed by atoms with E-state index in [1.807, 2.05) is 36.5 Å². The molecule has 0 amide bonds. The molecule has 106 heavy (non-hydrogen) atoms. The number of hydrogen-bond donors (Lipinski definition) is 3. The molecule has 2 aromatic carbocycles. The molecule has 598 valence electrons. The summed E-state index contributed by atoms with van der Waals surface area (Å²) in [5, 5.41) is 19.3. The summed E-state index contributed by atoms with van der Waals surface area (Å²) < 4.78 is 13.0. The average Bonchev–Trinajstić information content (AvgIpc) is 1.42. The summed E-state index contributed by atoms with van der Waals surface area (Å²) in [5.41, 5.74) is 31.0. The van der Waals surface area contributed by atoms with Gasteiger partial charge in [0.25, 0.3) is 0 Å². The van der Waals surface area contributed by atoms with E-state index in [-0.39, 0.29) is 107 Å². The standard InChI is InChI=1S/C38H56N2O2.C38H55N2O.C7H13N.C6H12N2.Li.4H2O.2Pt/c1-25(2)8-6-9-26(3)31-13-14-32-29-12-11-27-24-28(17-19-37(27,4)33(29)18-20-38(31,32)5)42-23-22-39-34-15-16-35(41)36-30(34)10-7-21-40-36;1-26(2)9-6-10-27(3)32-16-17-33-30-15-14-28-25-29(18-20-37(28,4)34(30)19-21-38(32,33)5)41-24-23-40-36-13-7-12-35-31(36)11-8-22-39-35;1-6-4-2-3-5-7(6)8;7-5-3-1-2-4-6(5)8;;;;;;;/h7,10-11,15-16,21,25-26,28-29,31-33,39,41H,6,8-9,12-14,17-20,22-24H2,1-5H3;7-8,11,13-14,22,26-27,29-30,32-34,40H,6,9-10,15-21,23-25H2,1-5H3;6-8H,1-5H2;5-8H,1-4H2;;4*1H2;;/q;-1;2*-2;+1;;;;;2*+2/p-1/t26-,28+,29?,31-,32?,33?,37+,38-;27-,29+,30?,32-,33?,34?,37+,38-;6-,7-;5-,6-;;;;;;;/m1111......./s1. The van der Waals surface area contributed by atoms with Gasteiger partial charge < -0.3 is 71.2 Å². The van der Waals surface area contributed by atoms with Crippen LogP contribution in [-0.4, -0.2) is 93.6 Å². The Bertz CT molecular complexity index is 3250. The summed E-state index contributed by atoms with van der Waals surface area (Å²) in [4.78, 5) is 8.77. The van der Waals surface area contributed by atoms with Gasteiger partial charge in [0.1, 0.15) is 11.3 Å². The van der Waals surface area contributed by atoms with Crippen molar-refractivity contribution in [2.24, 2.45) is 98.6 Å². The van der Waals surface area contributed by atoms with Gasteiger partial charge in [-0.25, -0.2) is 0 Å². The summed E-state index contributed by atoms with van der Waals surface area (Å²) in [6, 6.07) is 18.9. The molecule has 4 aromatic rings. The molecule has 8 fully saturated rings. The number of nitrogens with one attached hydrogen (secondary N) is 5. The second-order valence-electron chi connectivity index (χ2n) is 35.9. The molecule has 0 saturated heterocycles. The van der Waals surface area contributed by atoms with Crippen molar-refractivity contribution in [3.05, 3.63) is 114 Å². The number of nitrogens with zero attached hydrogens (tertiary/aromatic N) is 2. The van der Waals surface area contributed by atoms with Gasteiger partial charge in [-0.1, -0.05) is 200 Å². The Balaban J connectivity index is 0.000000350. The number of aromatic hydroxyl groups is 1. The van der Waals surface area contributed by atoms with Gasteiger partial charge in [-0.15, -0.1) is 12.1 Å². The van der Waals surface area contributed by atoms with E-state index >= 15 is 0 Å². The van der Waals surface area contributed by atoms with E-state index in [1.54, 1.807) is 23.4 Å². The quantitative estimate of drug-likeness (QED) is 0.0251. The molecular weight excluding hydrogens is 1680 g/mol. The topological polar surface area (TPSA) is 284 Å². The van der Waals surface area contributed by atoms with Crippen LogP contribution >= 0.6 is 0 Å². The third-order valence-electron chi connectivity index (χ3n) is 29.1. The van der Waals surface area contributed by atoms with Gasteiger partial charge in [0.2, 0.25) is 0 Å². The monoisotopic (exact) mass is 1820 g/mol. The number of allylic oxidation sites excluding steroid dienone is 2. The van der Waals surface area contributed by atoms with Crippen molar-refractivity contribution in [1.29, 1.82) is 0 Å². The Kier molecular flexibility index (Phi) is 39.8. The van der Waals surface area contributed by atoms with Crippen molar-refractivity contribution in [3.8, 4) is 5.75 Å². The summed E-state index contributed by atoms with van der Waals surface area (Å²) >= 11 is 0. The van der Waals surface area contributed by atoms with E-state index in [4.69, 9.17) is 26.7 Å². The van der Waals surface area contributed by atoms with Crippen molar-refractivity contribution in [2.45, 2.75) is 292 Å². The molecule has 10 aliphatic carbocycles. The minimum atomic E-state index is -0.0799. The SMILES string of the molecule is CC(C)CCC[C@@H](C)[C@H]1CCC2C3CC=C4C[C@@H](OCCNc5cc[c-]c6ncccc56)CC[C@]4(C)C3CC[C@@]21C.CC(C)CCC[C@@H](C)[C@H]1CCC2C3CC=C4C[C@@H](OCCNc5ccc(O)c6ncccc56)CC[C@]4(C)C3CC[C@@]21C.O.O.O.[CH2-][C@@H]1CCCC[C@H]1[NH-].[Li+].[NH-][C@@H]1CCCC[C@H]1[NH-].[OH-].[Pt+2].[Pt+2]. The van der Waals surface area contributed by atoms with Crippen LogP contribution < -0.4 is 29.5 Å². The number of benzene rings is 2. The number of phenolic OH excluding ortho intramolecular Hbond substituents is 1. The molecule has 2 heterocycles. The molecule has 6 unspecified atom stereocenters. The maximum absolute atomic E-state index is 10.1. The van der Waals surface area contributed by atoms with Crippen molar-refractivity contribution in [2.75, 3.05) is 36.9 Å². The minimum Gasteiger partial charge on any atom is -0.870 e. The molecule has 0 bridgehead atoms. The van der Waals surface area contributed by atoms with Crippen molar-refractivity contribution < 1.29 is 97.5 Å². The largest absolute Gasteiger partial charge is 2.00 e. The molecule has 10 aliphatic rings. The molecule has 14 rings (SSSR count). The number of pyridine rings is 2. The van der Waals surface area contributed by atoms with Crippen LogP contribution in [0.5, 0.6) is 5.75 Å². The van der Waals surface area contributed by atoms with Crippen molar-refractivity contribution >= 4 is 33.2 Å². The fraction of sp³-hybridized carbons (Fsp3) is 0.742.